The van der Waals surface area contributed by atoms with E-state index in [0.717, 1.165) is 12.8 Å². The molecule has 0 radical (unpaired) electrons. The number of rotatable bonds is 8. The molecular formula is C15H25IN4O2S2. The molecule has 9 heteroatoms. The van der Waals surface area contributed by atoms with Crippen LogP contribution in [0.25, 0.3) is 0 Å². The molecule has 1 aromatic rings. The normalized spacial score (nSPS) is 16.2. The number of guanidine groups is 1. The van der Waals surface area contributed by atoms with Crippen LogP contribution in [0.15, 0.2) is 40.2 Å². The summed E-state index contributed by atoms with van der Waals surface area (Å²) < 4.78 is 24.7. The van der Waals surface area contributed by atoms with Gasteiger partial charge in [-0.05, 0) is 25.0 Å². The molecule has 0 spiro atoms. The van der Waals surface area contributed by atoms with Gasteiger partial charge in [-0.3, -0.25) is 4.99 Å². The molecule has 1 aromatic carbocycles. The number of thioether (sulfide) groups is 1. The number of nitrogens with zero attached hydrogens (tertiary/aromatic N) is 1. The van der Waals surface area contributed by atoms with Gasteiger partial charge in [-0.2, -0.15) is 0 Å². The van der Waals surface area contributed by atoms with Crippen molar-refractivity contribution >= 4 is 51.7 Å². The van der Waals surface area contributed by atoms with Crippen LogP contribution in [-0.2, 0) is 10.0 Å². The maximum absolute atomic E-state index is 11.0. The van der Waals surface area contributed by atoms with Crippen LogP contribution in [0, 0.1) is 0 Å². The van der Waals surface area contributed by atoms with E-state index in [2.05, 4.69) is 44.6 Å². The Morgan fingerprint density at radius 1 is 1.21 bits per heavy atom. The van der Waals surface area contributed by atoms with Gasteiger partial charge < -0.3 is 10.6 Å². The first-order valence-electron chi connectivity index (χ1n) is 7.56. The van der Waals surface area contributed by atoms with Crippen molar-refractivity contribution in [1.29, 1.82) is 0 Å². The van der Waals surface area contributed by atoms with E-state index < -0.39 is 10.0 Å². The molecule has 0 aliphatic heterocycles. The van der Waals surface area contributed by atoms with E-state index in [9.17, 15) is 8.42 Å². The number of hydrogen-bond acceptors (Lipinski definition) is 4. The summed E-state index contributed by atoms with van der Waals surface area (Å²) in [6.07, 6.45) is 3.52. The van der Waals surface area contributed by atoms with E-state index >= 15 is 0 Å². The molecule has 0 heterocycles. The third-order valence-electron chi connectivity index (χ3n) is 3.47. The van der Waals surface area contributed by atoms with Crippen molar-refractivity contribution in [2.45, 2.75) is 22.5 Å². The second kappa shape index (κ2) is 9.83. The second-order valence-corrected chi connectivity index (χ2v) is 8.99. The number of halogens is 1. The SMILES string of the molecule is CN=C(NCCNS(C)(=O)=O)NCC1(Sc2ccccc2)CC1.I. The van der Waals surface area contributed by atoms with Crippen molar-refractivity contribution in [2.75, 3.05) is 32.9 Å². The van der Waals surface area contributed by atoms with Gasteiger partial charge in [0.2, 0.25) is 10.0 Å². The van der Waals surface area contributed by atoms with E-state index in [1.54, 1.807) is 7.05 Å². The Morgan fingerprint density at radius 3 is 2.42 bits per heavy atom. The van der Waals surface area contributed by atoms with Crippen LogP contribution in [0.5, 0.6) is 0 Å². The summed E-state index contributed by atoms with van der Waals surface area (Å²) in [7, 11) is -1.43. The zero-order chi connectivity index (χ0) is 16.8. The van der Waals surface area contributed by atoms with Gasteiger partial charge >= 0.3 is 0 Å². The lowest BCUT2D eigenvalue weighted by molar-refractivity contribution is 0.586. The predicted molar refractivity (Wildman–Crippen MR) is 112 cm³/mol. The van der Waals surface area contributed by atoms with Crippen LogP contribution in [0.3, 0.4) is 0 Å². The molecule has 0 unspecified atom stereocenters. The Kier molecular flexibility index (Phi) is 8.82. The van der Waals surface area contributed by atoms with Crippen molar-refractivity contribution in [3.63, 3.8) is 0 Å². The monoisotopic (exact) mass is 484 g/mol. The smallest absolute Gasteiger partial charge is 0.208 e. The topological polar surface area (TPSA) is 82.6 Å². The zero-order valence-electron chi connectivity index (χ0n) is 13.9. The summed E-state index contributed by atoms with van der Waals surface area (Å²) in [5.41, 5.74) is 0. The fourth-order valence-electron chi connectivity index (χ4n) is 2.08. The molecule has 1 saturated carbocycles. The van der Waals surface area contributed by atoms with Crippen LogP contribution >= 0.6 is 35.7 Å². The minimum Gasteiger partial charge on any atom is -0.355 e. The molecular weight excluding hydrogens is 459 g/mol. The lowest BCUT2D eigenvalue weighted by Crippen LogP contribution is -2.43. The summed E-state index contributed by atoms with van der Waals surface area (Å²) in [6, 6.07) is 10.4. The summed E-state index contributed by atoms with van der Waals surface area (Å²) in [4.78, 5) is 5.45. The highest BCUT2D eigenvalue weighted by Gasteiger charge is 2.43. The zero-order valence-corrected chi connectivity index (χ0v) is 17.9. The van der Waals surface area contributed by atoms with Crippen LogP contribution in [0.1, 0.15) is 12.8 Å². The average molecular weight is 484 g/mol. The van der Waals surface area contributed by atoms with Crippen LogP contribution in [0.4, 0.5) is 0 Å². The predicted octanol–water partition coefficient (Wildman–Crippen LogP) is 1.64. The highest BCUT2D eigenvalue weighted by Crippen LogP contribution is 2.51. The number of aliphatic imine (C=N–C) groups is 1. The minimum atomic E-state index is -3.14. The second-order valence-electron chi connectivity index (χ2n) is 5.62. The van der Waals surface area contributed by atoms with Crippen molar-refractivity contribution in [1.82, 2.24) is 15.4 Å². The van der Waals surface area contributed by atoms with Crippen LogP contribution in [-0.4, -0.2) is 52.1 Å². The highest BCUT2D eigenvalue weighted by atomic mass is 127. The fourth-order valence-corrected chi connectivity index (χ4v) is 3.79. The molecule has 0 aromatic heterocycles. The van der Waals surface area contributed by atoms with E-state index in [-0.39, 0.29) is 28.7 Å². The molecule has 1 aliphatic carbocycles. The molecule has 1 fully saturated rings. The van der Waals surface area contributed by atoms with Crippen LogP contribution in [0.2, 0.25) is 0 Å². The molecule has 0 amide bonds. The quantitative estimate of drug-likeness (QED) is 0.226. The molecule has 24 heavy (non-hydrogen) atoms. The molecule has 0 atom stereocenters. The van der Waals surface area contributed by atoms with Crippen molar-refractivity contribution in [2.24, 2.45) is 4.99 Å². The lowest BCUT2D eigenvalue weighted by Gasteiger charge is -2.18. The van der Waals surface area contributed by atoms with Gasteiger partial charge in [-0.15, -0.1) is 35.7 Å². The Hall–Kier alpha value is -0.520. The first kappa shape index (κ1) is 21.5. The maximum atomic E-state index is 11.0. The number of nitrogens with one attached hydrogen (secondary N) is 3. The fraction of sp³-hybridized carbons (Fsp3) is 0.533. The standard InChI is InChI=1S/C15H24N4O2S2.HI/c1-16-14(17-10-11-19-23(2,20)21)18-12-15(8-9-15)22-13-6-4-3-5-7-13;/h3-7,19H,8-12H2,1-2H3,(H2,16,17,18);1H. The highest BCUT2D eigenvalue weighted by molar-refractivity contribution is 14.0. The van der Waals surface area contributed by atoms with Gasteiger partial charge in [0.25, 0.3) is 0 Å². The molecule has 6 nitrogen and oxygen atoms in total. The summed E-state index contributed by atoms with van der Waals surface area (Å²) >= 11 is 1.90. The van der Waals surface area contributed by atoms with Crippen molar-refractivity contribution < 1.29 is 8.42 Å². The van der Waals surface area contributed by atoms with Crippen molar-refractivity contribution in [3.8, 4) is 0 Å². The molecule has 3 N–H and O–H groups in total. The summed E-state index contributed by atoms with van der Waals surface area (Å²) in [5.74, 6) is 0.695. The van der Waals surface area contributed by atoms with Gasteiger partial charge in [0.15, 0.2) is 5.96 Å². The number of hydrogen-bond donors (Lipinski definition) is 3. The van der Waals surface area contributed by atoms with E-state index in [1.807, 2.05) is 17.8 Å². The van der Waals surface area contributed by atoms with Gasteiger partial charge in [-0.25, -0.2) is 13.1 Å². The first-order valence-corrected chi connectivity index (χ1v) is 10.3. The molecule has 2 rings (SSSR count). The largest absolute Gasteiger partial charge is 0.355 e. The average Bonchev–Trinajstić information content (AvgIpc) is 3.26. The summed E-state index contributed by atoms with van der Waals surface area (Å²) in [6.45, 7) is 1.67. The third-order valence-corrected chi connectivity index (χ3v) is 5.69. The van der Waals surface area contributed by atoms with Gasteiger partial charge in [0, 0.05) is 36.3 Å². The number of benzene rings is 1. The molecule has 1 aliphatic rings. The maximum Gasteiger partial charge on any atom is 0.208 e. The Balaban J connectivity index is 0.00000288. The van der Waals surface area contributed by atoms with E-state index in [0.29, 0.717) is 19.0 Å². The van der Waals surface area contributed by atoms with Crippen molar-refractivity contribution in [3.05, 3.63) is 30.3 Å². The van der Waals surface area contributed by atoms with Crippen LogP contribution < -0.4 is 15.4 Å². The van der Waals surface area contributed by atoms with E-state index in [4.69, 9.17) is 0 Å². The molecule has 0 bridgehead atoms. The Morgan fingerprint density at radius 2 is 1.88 bits per heavy atom. The Labute approximate surface area is 165 Å². The Bertz CT molecular complexity index is 634. The van der Waals surface area contributed by atoms with Gasteiger partial charge in [-0.1, -0.05) is 18.2 Å². The summed E-state index contributed by atoms with van der Waals surface area (Å²) in [5, 5.41) is 6.44. The van der Waals surface area contributed by atoms with Gasteiger partial charge in [0.1, 0.15) is 0 Å². The molecule has 0 saturated heterocycles. The van der Waals surface area contributed by atoms with Gasteiger partial charge in [0.05, 0.1) is 6.26 Å². The lowest BCUT2D eigenvalue weighted by atomic mass is 10.4. The minimum absolute atomic E-state index is 0. The number of sulfonamides is 1. The molecule has 136 valence electrons. The first-order chi connectivity index (χ1) is 10.9. The van der Waals surface area contributed by atoms with E-state index in [1.165, 1.54) is 17.7 Å². The third kappa shape index (κ3) is 8.04.